The van der Waals surface area contributed by atoms with Gasteiger partial charge in [0.2, 0.25) is 0 Å². The van der Waals surface area contributed by atoms with E-state index in [1.807, 2.05) is 6.92 Å². The second kappa shape index (κ2) is 8.93. The standard InChI is InChI=1S/C22H30O7/c1-7-13(3)20(25)28-17-11-22(6,29-15(5)23)18(24)9-8-12(2)10-16-19(17)14(4)21(26)27-16/h7,12,16-17,19H,4,8-11H2,1-3,5-6H3/b13-7+/t12-,16+,17-,19-,22+/m0/s1. The van der Waals surface area contributed by atoms with Crippen LogP contribution in [0.2, 0.25) is 0 Å². The highest BCUT2D eigenvalue weighted by Gasteiger charge is 2.50. The lowest BCUT2D eigenvalue weighted by molar-refractivity contribution is -0.172. The largest absolute Gasteiger partial charge is 0.458 e. The second-order valence-corrected chi connectivity index (χ2v) is 8.24. The monoisotopic (exact) mass is 406 g/mol. The maximum absolute atomic E-state index is 12.9. The summed E-state index contributed by atoms with van der Waals surface area (Å²) in [5.74, 6) is -2.47. The molecule has 0 unspecified atom stereocenters. The van der Waals surface area contributed by atoms with E-state index in [1.165, 1.54) is 13.8 Å². The Balaban J connectivity index is 2.50. The van der Waals surface area contributed by atoms with Crippen molar-refractivity contribution in [3.05, 3.63) is 23.8 Å². The van der Waals surface area contributed by atoms with E-state index in [1.54, 1.807) is 19.9 Å². The van der Waals surface area contributed by atoms with Gasteiger partial charge in [-0.15, -0.1) is 0 Å². The molecule has 0 amide bonds. The molecular formula is C22H30O7. The van der Waals surface area contributed by atoms with Gasteiger partial charge < -0.3 is 14.2 Å². The van der Waals surface area contributed by atoms with E-state index in [0.29, 0.717) is 18.4 Å². The number of ketones is 1. The van der Waals surface area contributed by atoms with Gasteiger partial charge in [0, 0.05) is 30.9 Å². The maximum Gasteiger partial charge on any atom is 0.334 e. The summed E-state index contributed by atoms with van der Waals surface area (Å²) in [4.78, 5) is 49.4. The molecule has 1 saturated heterocycles. The van der Waals surface area contributed by atoms with E-state index in [4.69, 9.17) is 14.2 Å². The van der Waals surface area contributed by atoms with Crippen LogP contribution in [0.25, 0.3) is 0 Å². The molecule has 1 aliphatic carbocycles. The number of carbonyl (C=O) groups is 4. The molecule has 1 heterocycles. The molecule has 1 aliphatic heterocycles. The van der Waals surface area contributed by atoms with Crippen molar-refractivity contribution < 1.29 is 33.4 Å². The predicted molar refractivity (Wildman–Crippen MR) is 105 cm³/mol. The van der Waals surface area contributed by atoms with Gasteiger partial charge in [-0.05, 0) is 39.5 Å². The summed E-state index contributed by atoms with van der Waals surface area (Å²) in [6.07, 6.45) is 1.45. The third-order valence-corrected chi connectivity index (χ3v) is 5.79. The molecule has 1 saturated carbocycles. The highest BCUT2D eigenvalue weighted by atomic mass is 16.6. The molecule has 2 rings (SSSR count). The van der Waals surface area contributed by atoms with Gasteiger partial charge >= 0.3 is 17.9 Å². The summed E-state index contributed by atoms with van der Waals surface area (Å²) in [5, 5.41) is 0. The fourth-order valence-corrected chi connectivity index (χ4v) is 3.97. The summed E-state index contributed by atoms with van der Waals surface area (Å²) in [6, 6.07) is 0. The molecule has 7 nitrogen and oxygen atoms in total. The van der Waals surface area contributed by atoms with Crippen LogP contribution in [-0.2, 0) is 33.4 Å². The van der Waals surface area contributed by atoms with Crippen molar-refractivity contribution in [1.29, 1.82) is 0 Å². The first-order chi connectivity index (χ1) is 13.5. The zero-order chi connectivity index (χ0) is 21.9. The van der Waals surface area contributed by atoms with Gasteiger partial charge in [0.05, 0.1) is 5.92 Å². The van der Waals surface area contributed by atoms with E-state index in [0.717, 1.165) is 0 Å². The van der Waals surface area contributed by atoms with Crippen LogP contribution in [-0.4, -0.2) is 41.5 Å². The average Bonchev–Trinajstić information content (AvgIpc) is 2.90. The second-order valence-electron chi connectivity index (χ2n) is 8.24. The summed E-state index contributed by atoms with van der Waals surface area (Å²) in [7, 11) is 0. The summed E-state index contributed by atoms with van der Waals surface area (Å²) < 4.78 is 16.7. The van der Waals surface area contributed by atoms with Crippen molar-refractivity contribution in [3.63, 3.8) is 0 Å². The smallest absolute Gasteiger partial charge is 0.334 e. The van der Waals surface area contributed by atoms with Crippen LogP contribution in [0.1, 0.15) is 60.3 Å². The summed E-state index contributed by atoms with van der Waals surface area (Å²) in [6.45, 7) is 11.9. The Bertz CT molecular complexity index is 750. The molecular weight excluding hydrogens is 376 g/mol. The number of esters is 3. The Kier molecular flexibility index (Phi) is 7.03. The van der Waals surface area contributed by atoms with Gasteiger partial charge in [0.1, 0.15) is 12.2 Å². The molecule has 2 aliphatic rings. The molecule has 2 fully saturated rings. The van der Waals surface area contributed by atoms with Crippen LogP contribution in [0.3, 0.4) is 0 Å². The predicted octanol–water partition coefficient (Wildman–Crippen LogP) is 3.06. The van der Waals surface area contributed by atoms with Gasteiger partial charge in [0.25, 0.3) is 0 Å². The van der Waals surface area contributed by atoms with Crippen molar-refractivity contribution in [2.75, 3.05) is 0 Å². The minimum atomic E-state index is -1.48. The highest BCUT2D eigenvalue weighted by Crippen LogP contribution is 2.40. The van der Waals surface area contributed by atoms with Gasteiger partial charge in [-0.2, -0.15) is 0 Å². The number of hydrogen-bond donors (Lipinski definition) is 0. The lowest BCUT2D eigenvalue weighted by Crippen LogP contribution is -2.48. The molecule has 0 radical (unpaired) electrons. The van der Waals surface area contributed by atoms with E-state index in [9.17, 15) is 19.2 Å². The molecule has 5 atom stereocenters. The number of hydrogen-bond acceptors (Lipinski definition) is 7. The third kappa shape index (κ3) is 5.14. The maximum atomic E-state index is 12.9. The quantitative estimate of drug-likeness (QED) is 0.404. The van der Waals surface area contributed by atoms with Crippen LogP contribution >= 0.6 is 0 Å². The lowest BCUT2D eigenvalue weighted by Gasteiger charge is -2.36. The van der Waals surface area contributed by atoms with Crippen molar-refractivity contribution in [2.24, 2.45) is 11.8 Å². The first-order valence-corrected chi connectivity index (χ1v) is 9.95. The zero-order valence-electron chi connectivity index (χ0n) is 17.8. The molecule has 160 valence electrons. The number of carbonyl (C=O) groups excluding carboxylic acids is 4. The number of ether oxygens (including phenoxy) is 3. The molecule has 29 heavy (non-hydrogen) atoms. The molecule has 0 aromatic heterocycles. The first kappa shape index (κ1) is 22.8. The molecule has 0 aromatic carbocycles. The van der Waals surface area contributed by atoms with Crippen LogP contribution in [0.15, 0.2) is 23.8 Å². The average molecular weight is 406 g/mol. The Labute approximate surface area is 171 Å². The Morgan fingerprint density at radius 3 is 2.52 bits per heavy atom. The number of fused-ring (bicyclic) bond motifs is 1. The van der Waals surface area contributed by atoms with E-state index < -0.39 is 41.6 Å². The normalized spacial score (nSPS) is 33.6. The van der Waals surface area contributed by atoms with Gasteiger partial charge in [-0.1, -0.05) is 19.6 Å². The van der Waals surface area contributed by atoms with Gasteiger partial charge in [-0.25, -0.2) is 9.59 Å². The van der Waals surface area contributed by atoms with E-state index >= 15 is 0 Å². The Morgan fingerprint density at radius 1 is 1.28 bits per heavy atom. The zero-order valence-corrected chi connectivity index (χ0v) is 17.8. The topological polar surface area (TPSA) is 96.0 Å². The van der Waals surface area contributed by atoms with Crippen LogP contribution in [0.5, 0.6) is 0 Å². The number of rotatable bonds is 3. The molecule has 0 bridgehead atoms. The fourth-order valence-electron chi connectivity index (χ4n) is 3.97. The fraction of sp³-hybridized carbons (Fsp3) is 0.636. The summed E-state index contributed by atoms with van der Waals surface area (Å²) in [5.41, 5.74) is -0.881. The van der Waals surface area contributed by atoms with Gasteiger partial charge in [-0.3, -0.25) is 9.59 Å². The van der Waals surface area contributed by atoms with Gasteiger partial charge in [0.15, 0.2) is 11.4 Å². The minimum absolute atomic E-state index is 0.0701. The Morgan fingerprint density at radius 2 is 1.93 bits per heavy atom. The lowest BCUT2D eigenvalue weighted by atomic mass is 9.77. The van der Waals surface area contributed by atoms with Crippen LogP contribution < -0.4 is 0 Å². The Hall–Kier alpha value is -2.44. The minimum Gasteiger partial charge on any atom is -0.458 e. The van der Waals surface area contributed by atoms with Crippen molar-refractivity contribution in [1.82, 2.24) is 0 Å². The third-order valence-electron chi connectivity index (χ3n) is 5.79. The van der Waals surface area contributed by atoms with E-state index in [2.05, 4.69) is 6.58 Å². The number of Topliss-reactive ketones (excluding diaryl/α,β-unsaturated/α-hetero) is 1. The highest BCUT2D eigenvalue weighted by molar-refractivity contribution is 5.92. The van der Waals surface area contributed by atoms with Crippen LogP contribution in [0, 0.1) is 11.8 Å². The first-order valence-electron chi connectivity index (χ1n) is 9.95. The van der Waals surface area contributed by atoms with Crippen molar-refractivity contribution in [3.8, 4) is 0 Å². The van der Waals surface area contributed by atoms with Crippen molar-refractivity contribution in [2.45, 2.75) is 78.1 Å². The van der Waals surface area contributed by atoms with E-state index in [-0.39, 0.29) is 30.1 Å². The SMILES string of the molecule is C=C1C(=O)O[C@@H]2C[C@@H](C)CCC(=O)[C@](C)(OC(C)=O)C[C@H](OC(=O)/C(C)=C/C)[C@@H]12. The van der Waals surface area contributed by atoms with Crippen molar-refractivity contribution >= 4 is 23.7 Å². The summed E-state index contributed by atoms with van der Waals surface area (Å²) >= 11 is 0. The molecule has 7 heteroatoms. The molecule has 0 aromatic rings. The molecule has 0 spiro atoms. The van der Waals surface area contributed by atoms with Crippen LogP contribution in [0.4, 0.5) is 0 Å². The number of allylic oxidation sites excluding steroid dienone is 1. The molecule has 0 N–H and O–H groups in total.